The number of carbonyl (C=O) groups is 1. The van der Waals surface area contributed by atoms with Gasteiger partial charge in [-0.25, -0.2) is 0 Å². The van der Waals surface area contributed by atoms with Crippen LogP contribution in [0, 0.1) is 0 Å². The fourth-order valence-corrected chi connectivity index (χ4v) is 5.88. The lowest BCUT2D eigenvalue weighted by molar-refractivity contribution is -0.139. The van der Waals surface area contributed by atoms with E-state index in [1.165, 1.54) is 6.92 Å². The second-order valence-electron chi connectivity index (χ2n) is 11.5. The van der Waals surface area contributed by atoms with E-state index in [2.05, 4.69) is 18.2 Å². The Bertz CT molecular complexity index is 1450. The molecule has 0 fully saturated rings. The quantitative estimate of drug-likeness (QED) is 0.0808. The zero-order valence-electron chi connectivity index (χ0n) is 28.0. The van der Waals surface area contributed by atoms with Gasteiger partial charge in [-0.15, -0.1) is 0 Å². The highest BCUT2D eigenvalue weighted by molar-refractivity contribution is 5.66. The number of carbonyl (C=O) groups excluding carboxylic acids is 1. The van der Waals surface area contributed by atoms with Crippen LogP contribution in [0.4, 0.5) is 0 Å². The van der Waals surface area contributed by atoms with E-state index in [1.807, 2.05) is 60.7 Å². The van der Waals surface area contributed by atoms with Crippen molar-refractivity contribution in [3.8, 4) is 5.75 Å². The average molecular weight is 645 g/mol. The Morgan fingerprint density at radius 3 is 2.23 bits per heavy atom. The van der Waals surface area contributed by atoms with Crippen LogP contribution in [-0.4, -0.2) is 45.6 Å². The number of unbranched alkanes of at least 4 members (excludes halogenated alkanes) is 2. The monoisotopic (exact) mass is 644 g/mol. The molecular weight excluding hydrogens is 596 g/mol. The third-order valence-corrected chi connectivity index (χ3v) is 8.16. The average Bonchev–Trinajstić information content (AvgIpc) is 3.09. The highest BCUT2D eigenvalue weighted by atomic mass is 16.5. The highest BCUT2D eigenvalue weighted by Crippen LogP contribution is 2.48. The molecule has 1 N–H and O–H groups in total. The maximum atomic E-state index is 11.7. The Morgan fingerprint density at radius 1 is 0.894 bits per heavy atom. The van der Waals surface area contributed by atoms with Gasteiger partial charge in [0.1, 0.15) is 30.3 Å². The first-order valence-electron chi connectivity index (χ1n) is 16.2. The zero-order valence-corrected chi connectivity index (χ0v) is 28.0. The summed E-state index contributed by atoms with van der Waals surface area (Å²) in [6.45, 7) is 3.20. The van der Waals surface area contributed by atoms with Gasteiger partial charge in [0, 0.05) is 31.8 Å². The normalized spacial score (nSPS) is 16.4. The highest BCUT2D eigenvalue weighted by Gasteiger charge is 2.36. The number of hydrogen-bond acceptors (Lipinski definition) is 8. The molecule has 0 radical (unpaired) electrons. The van der Waals surface area contributed by atoms with Crippen molar-refractivity contribution in [1.82, 2.24) is 0 Å². The van der Waals surface area contributed by atoms with Crippen molar-refractivity contribution in [2.24, 2.45) is 0 Å². The molecule has 0 bridgehead atoms. The lowest BCUT2D eigenvalue weighted by Crippen LogP contribution is -2.22. The molecule has 3 unspecified atom stereocenters. The first-order chi connectivity index (χ1) is 23.0. The molecule has 3 aromatic rings. The summed E-state index contributed by atoms with van der Waals surface area (Å²) in [6.07, 6.45) is 7.60. The van der Waals surface area contributed by atoms with E-state index in [0.717, 1.165) is 52.6 Å². The van der Waals surface area contributed by atoms with Crippen molar-refractivity contribution in [3.63, 3.8) is 0 Å². The van der Waals surface area contributed by atoms with Gasteiger partial charge in [0.05, 0.1) is 33.5 Å². The molecule has 3 atom stereocenters. The van der Waals surface area contributed by atoms with Crippen molar-refractivity contribution in [1.29, 1.82) is 0 Å². The van der Waals surface area contributed by atoms with Crippen molar-refractivity contribution >= 4 is 5.97 Å². The molecule has 0 saturated carbocycles. The smallest absolute Gasteiger partial charge is 0.302 e. The second-order valence-corrected chi connectivity index (χ2v) is 11.5. The first kappa shape index (κ1) is 35.9. The van der Waals surface area contributed by atoms with Gasteiger partial charge in [-0.1, -0.05) is 91.7 Å². The Balaban J connectivity index is 1.58. The molecular formula is C39H48O8. The first-order valence-corrected chi connectivity index (χ1v) is 16.2. The third-order valence-electron chi connectivity index (χ3n) is 8.16. The van der Waals surface area contributed by atoms with E-state index < -0.39 is 18.3 Å². The van der Waals surface area contributed by atoms with E-state index in [9.17, 15) is 9.90 Å². The topological polar surface area (TPSA) is 92.7 Å². The van der Waals surface area contributed by atoms with Gasteiger partial charge >= 0.3 is 5.97 Å². The minimum atomic E-state index is -0.777. The molecule has 0 aliphatic heterocycles. The Morgan fingerprint density at radius 2 is 1.60 bits per heavy atom. The predicted molar refractivity (Wildman–Crippen MR) is 181 cm³/mol. The number of esters is 1. The number of methoxy groups -OCH3 is 3. The van der Waals surface area contributed by atoms with Crippen molar-refractivity contribution in [3.05, 3.63) is 124 Å². The number of fused-ring (bicyclic) bond motifs is 1. The third kappa shape index (κ3) is 10.3. The summed E-state index contributed by atoms with van der Waals surface area (Å²) < 4.78 is 35.3. The molecule has 3 aromatic carbocycles. The van der Waals surface area contributed by atoms with Crippen LogP contribution >= 0.6 is 0 Å². The summed E-state index contributed by atoms with van der Waals surface area (Å²) in [6, 6.07) is 22.2. The van der Waals surface area contributed by atoms with E-state index in [0.29, 0.717) is 44.2 Å². The van der Waals surface area contributed by atoms with E-state index in [1.54, 1.807) is 27.4 Å². The van der Waals surface area contributed by atoms with E-state index >= 15 is 0 Å². The van der Waals surface area contributed by atoms with Gasteiger partial charge in [-0.2, -0.15) is 0 Å². The number of rotatable bonds is 19. The lowest BCUT2D eigenvalue weighted by Gasteiger charge is -2.33. The van der Waals surface area contributed by atoms with Crippen molar-refractivity contribution < 1.29 is 38.3 Å². The van der Waals surface area contributed by atoms with Crippen LogP contribution in [0.2, 0.25) is 0 Å². The molecule has 252 valence electrons. The van der Waals surface area contributed by atoms with E-state index in [-0.39, 0.29) is 12.6 Å². The molecule has 0 spiro atoms. The van der Waals surface area contributed by atoms with Gasteiger partial charge in [0.25, 0.3) is 0 Å². The van der Waals surface area contributed by atoms with Crippen molar-refractivity contribution in [2.45, 2.75) is 70.6 Å². The Hall–Kier alpha value is -3.95. The lowest BCUT2D eigenvalue weighted by atomic mass is 9.83. The molecule has 0 amide bonds. The molecule has 4 rings (SSSR count). The SMILES string of the molecule is COC1=CC(OCc2ccccc2)c2c(cc(C/C=C/COC(C)=O)c(C(O)CCCCCOCc3ccccc3)c2OC)C1OC. The number of benzene rings is 3. The Labute approximate surface area is 278 Å². The van der Waals surface area contributed by atoms with Crippen LogP contribution in [0.15, 0.2) is 90.7 Å². The van der Waals surface area contributed by atoms with Crippen LogP contribution in [0.5, 0.6) is 5.75 Å². The number of ether oxygens (including phenoxy) is 6. The van der Waals surface area contributed by atoms with Gasteiger partial charge in [-0.05, 0) is 47.6 Å². The van der Waals surface area contributed by atoms with Crippen LogP contribution < -0.4 is 4.74 Å². The van der Waals surface area contributed by atoms with Crippen LogP contribution in [0.3, 0.4) is 0 Å². The standard InChI is InChI=1S/C39H48O8/c1-28(40)46-23-15-13-20-31-24-32-37(34(25-35(42-2)38(32)43-3)47-27-30-18-10-6-11-19-30)39(44-4)36(31)33(41)21-12-7-14-22-45-26-29-16-8-5-9-17-29/h5-6,8-11,13,15-19,24-25,33-34,38,41H,7,12,14,20-23,26-27H2,1-4H3/b15-13+. The number of aliphatic hydroxyl groups is 1. The van der Waals surface area contributed by atoms with E-state index in [4.69, 9.17) is 28.4 Å². The summed E-state index contributed by atoms with van der Waals surface area (Å²) in [5, 5.41) is 11.7. The largest absolute Gasteiger partial charge is 0.498 e. The van der Waals surface area contributed by atoms with Crippen LogP contribution in [-0.2, 0) is 48.1 Å². The summed E-state index contributed by atoms with van der Waals surface area (Å²) in [5.74, 6) is 0.880. The second kappa shape index (κ2) is 19.0. The minimum absolute atomic E-state index is 0.175. The van der Waals surface area contributed by atoms with Crippen LogP contribution in [0.25, 0.3) is 0 Å². The van der Waals surface area contributed by atoms with Gasteiger partial charge in [0.2, 0.25) is 0 Å². The predicted octanol–water partition coefficient (Wildman–Crippen LogP) is 7.66. The molecule has 1 aliphatic rings. The van der Waals surface area contributed by atoms with Crippen LogP contribution in [0.1, 0.15) is 84.3 Å². The van der Waals surface area contributed by atoms with Gasteiger partial charge in [0.15, 0.2) is 0 Å². The Kier molecular flexibility index (Phi) is 14.5. The van der Waals surface area contributed by atoms with Crippen molar-refractivity contribution in [2.75, 3.05) is 34.5 Å². The number of aliphatic hydroxyl groups excluding tert-OH is 1. The van der Waals surface area contributed by atoms with Gasteiger partial charge < -0.3 is 33.5 Å². The molecule has 47 heavy (non-hydrogen) atoms. The zero-order chi connectivity index (χ0) is 33.4. The molecule has 0 saturated heterocycles. The molecule has 1 aliphatic carbocycles. The minimum Gasteiger partial charge on any atom is -0.498 e. The molecule has 0 heterocycles. The maximum Gasteiger partial charge on any atom is 0.302 e. The van der Waals surface area contributed by atoms with Gasteiger partial charge in [-0.3, -0.25) is 4.79 Å². The summed E-state index contributed by atoms with van der Waals surface area (Å²) in [4.78, 5) is 11.3. The molecule has 8 nitrogen and oxygen atoms in total. The summed E-state index contributed by atoms with van der Waals surface area (Å²) in [5.41, 5.74) is 5.48. The summed E-state index contributed by atoms with van der Waals surface area (Å²) >= 11 is 0. The molecule has 0 aromatic heterocycles. The summed E-state index contributed by atoms with van der Waals surface area (Å²) in [7, 11) is 4.89. The number of hydrogen-bond donors (Lipinski definition) is 1. The maximum absolute atomic E-state index is 11.7. The molecule has 8 heteroatoms. The number of allylic oxidation sites excluding steroid dienone is 1. The fraction of sp³-hybridized carbons (Fsp3) is 0.410. The fourth-order valence-electron chi connectivity index (χ4n) is 5.88.